The Labute approximate surface area is 210 Å². The van der Waals surface area contributed by atoms with Crippen molar-refractivity contribution in [3.05, 3.63) is 87.0 Å². The number of carbonyl (C=O) groups excluding carboxylic acids is 1. The van der Waals surface area contributed by atoms with E-state index in [1.54, 1.807) is 11.3 Å². The molecule has 0 bridgehead atoms. The molecule has 1 amide bonds. The third-order valence-electron chi connectivity index (χ3n) is 5.88. The van der Waals surface area contributed by atoms with Crippen LogP contribution in [0, 0.1) is 0 Å². The lowest BCUT2D eigenvalue weighted by atomic mass is 10.1. The summed E-state index contributed by atoms with van der Waals surface area (Å²) in [6.45, 7) is 5.17. The number of thiazole rings is 1. The number of hydrogen-bond acceptors (Lipinski definition) is 4. The molecule has 0 aliphatic rings. The van der Waals surface area contributed by atoms with Gasteiger partial charge in [0, 0.05) is 47.1 Å². The maximum absolute atomic E-state index is 12.4. The van der Waals surface area contributed by atoms with Crippen molar-refractivity contribution in [3.63, 3.8) is 0 Å². The van der Waals surface area contributed by atoms with Crippen molar-refractivity contribution in [2.45, 2.75) is 45.7 Å². The molecule has 2 aromatic carbocycles. The number of H-pyrrole nitrogens is 1. The summed E-state index contributed by atoms with van der Waals surface area (Å²) in [6.07, 6.45) is 6.28. The van der Waals surface area contributed by atoms with Crippen molar-refractivity contribution in [1.29, 1.82) is 0 Å². The first kappa shape index (κ1) is 24.5. The Balaban J connectivity index is 1.44. The number of nitrogens with zero attached hydrogens (tertiary/aromatic N) is 2. The average Bonchev–Trinajstić information content (AvgIpc) is 3.47. The summed E-state index contributed by atoms with van der Waals surface area (Å²) in [5.74, 6) is -0.0845. The summed E-state index contributed by atoms with van der Waals surface area (Å²) in [4.78, 5) is 22.8. The van der Waals surface area contributed by atoms with Crippen LogP contribution in [0.15, 0.2) is 60.1 Å². The molecule has 0 saturated heterocycles. The van der Waals surface area contributed by atoms with Crippen LogP contribution in [0.5, 0.6) is 0 Å². The van der Waals surface area contributed by atoms with Crippen LogP contribution in [0.25, 0.3) is 10.9 Å². The van der Waals surface area contributed by atoms with Crippen LogP contribution in [0.4, 0.5) is 0 Å². The van der Waals surface area contributed by atoms with E-state index in [9.17, 15) is 4.79 Å². The van der Waals surface area contributed by atoms with Gasteiger partial charge in [0.1, 0.15) is 10.7 Å². The molecule has 0 aliphatic heterocycles. The first-order valence-electron chi connectivity index (χ1n) is 11.9. The summed E-state index contributed by atoms with van der Waals surface area (Å²) in [6, 6.07) is 16.4. The zero-order valence-electron chi connectivity index (χ0n) is 19.5. The molecule has 178 valence electrons. The van der Waals surface area contributed by atoms with Gasteiger partial charge < -0.3 is 10.3 Å². The van der Waals surface area contributed by atoms with Gasteiger partial charge >= 0.3 is 0 Å². The minimum Gasteiger partial charge on any atom is -0.361 e. The number of hydrogen-bond donors (Lipinski definition) is 2. The molecule has 2 N–H and O–H groups in total. The van der Waals surface area contributed by atoms with Gasteiger partial charge in [-0.05, 0) is 42.2 Å². The summed E-state index contributed by atoms with van der Waals surface area (Å²) < 4.78 is 0. The van der Waals surface area contributed by atoms with Crippen LogP contribution in [-0.4, -0.2) is 33.9 Å². The number of halogens is 1. The highest BCUT2D eigenvalue weighted by Gasteiger charge is 2.15. The van der Waals surface area contributed by atoms with Crippen molar-refractivity contribution in [2.24, 2.45) is 0 Å². The van der Waals surface area contributed by atoms with Crippen LogP contribution in [-0.2, 0) is 19.5 Å². The van der Waals surface area contributed by atoms with E-state index >= 15 is 0 Å². The number of aromatic nitrogens is 2. The van der Waals surface area contributed by atoms with E-state index in [1.165, 1.54) is 10.9 Å². The highest BCUT2D eigenvalue weighted by Crippen LogP contribution is 2.21. The maximum atomic E-state index is 12.4. The van der Waals surface area contributed by atoms with E-state index < -0.39 is 0 Å². The fraction of sp³-hybridized carbons (Fsp3) is 0.333. The van der Waals surface area contributed by atoms with E-state index in [0.29, 0.717) is 18.8 Å². The molecule has 0 spiro atoms. The van der Waals surface area contributed by atoms with Gasteiger partial charge in [-0.1, -0.05) is 61.7 Å². The van der Waals surface area contributed by atoms with Gasteiger partial charge in [0.05, 0.1) is 6.54 Å². The molecule has 4 rings (SSSR count). The predicted molar refractivity (Wildman–Crippen MR) is 142 cm³/mol. The largest absolute Gasteiger partial charge is 0.361 e. The number of aromatic amines is 1. The van der Waals surface area contributed by atoms with Gasteiger partial charge in [-0.2, -0.15) is 0 Å². The molecule has 0 radical (unpaired) electrons. The minimum atomic E-state index is -0.0845. The number of nitrogens with one attached hydrogen (secondary N) is 2. The zero-order valence-corrected chi connectivity index (χ0v) is 21.1. The van der Waals surface area contributed by atoms with Gasteiger partial charge in [0.15, 0.2) is 0 Å². The number of fused-ring (bicyclic) bond motifs is 1. The minimum absolute atomic E-state index is 0.0845. The lowest BCUT2D eigenvalue weighted by Gasteiger charge is -2.21. The third-order valence-corrected chi connectivity index (χ3v) is 6.95. The van der Waals surface area contributed by atoms with Crippen molar-refractivity contribution >= 4 is 39.7 Å². The average molecular weight is 495 g/mol. The van der Waals surface area contributed by atoms with Crippen LogP contribution < -0.4 is 5.32 Å². The fourth-order valence-corrected chi connectivity index (χ4v) is 5.10. The monoisotopic (exact) mass is 494 g/mol. The number of amides is 1. The van der Waals surface area contributed by atoms with Gasteiger partial charge in [-0.25, -0.2) is 4.98 Å². The second-order valence-corrected chi connectivity index (χ2v) is 9.92. The summed E-state index contributed by atoms with van der Waals surface area (Å²) >= 11 is 7.78. The van der Waals surface area contributed by atoms with Crippen LogP contribution >= 0.6 is 22.9 Å². The molecule has 5 nitrogen and oxygen atoms in total. The first-order chi connectivity index (χ1) is 16.6. The molecular weight excluding hydrogens is 464 g/mol. The van der Waals surface area contributed by atoms with Crippen molar-refractivity contribution < 1.29 is 4.79 Å². The SMILES string of the molecule is CCCCCNC(=O)c1csc(CN(CCc2c[nH]c3ccccc23)Cc2cccc(Cl)c2)n1. The molecule has 2 heterocycles. The number of benzene rings is 2. The lowest BCUT2D eigenvalue weighted by molar-refractivity contribution is 0.0948. The topological polar surface area (TPSA) is 61.0 Å². The highest BCUT2D eigenvalue weighted by molar-refractivity contribution is 7.09. The van der Waals surface area contributed by atoms with E-state index in [-0.39, 0.29) is 5.91 Å². The fourth-order valence-electron chi connectivity index (χ4n) is 4.07. The number of rotatable bonds is 12. The quantitative estimate of drug-likeness (QED) is 0.223. The highest BCUT2D eigenvalue weighted by atomic mass is 35.5. The zero-order chi connectivity index (χ0) is 23.8. The van der Waals surface area contributed by atoms with E-state index in [1.807, 2.05) is 29.6 Å². The van der Waals surface area contributed by atoms with Crippen LogP contribution in [0.1, 0.15) is 52.8 Å². The van der Waals surface area contributed by atoms with Crippen molar-refractivity contribution in [1.82, 2.24) is 20.2 Å². The molecule has 0 atom stereocenters. The normalized spacial score (nSPS) is 11.4. The molecular formula is C27H31ClN4OS. The Morgan fingerprint density at radius 1 is 1.15 bits per heavy atom. The molecule has 0 saturated carbocycles. The van der Waals surface area contributed by atoms with Crippen LogP contribution in [0.3, 0.4) is 0 Å². The molecule has 0 unspecified atom stereocenters. The number of unbranched alkanes of at least 4 members (excludes halogenated alkanes) is 2. The van der Waals surface area contributed by atoms with Gasteiger partial charge in [0.2, 0.25) is 0 Å². The molecule has 0 fully saturated rings. The smallest absolute Gasteiger partial charge is 0.270 e. The Morgan fingerprint density at radius 3 is 2.88 bits per heavy atom. The molecule has 34 heavy (non-hydrogen) atoms. The van der Waals surface area contributed by atoms with E-state index in [4.69, 9.17) is 11.6 Å². The molecule has 7 heteroatoms. The molecule has 4 aromatic rings. The Kier molecular flexibility index (Phi) is 8.74. The summed E-state index contributed by atoms with van der Waals surface area (Å²) in [7, 11) is 0. The maximum Gasteiger partial charge on any atom is 0.270 e. The summed E-state index contributed by atoms with van der Waals surface area (Å²) in [5, 5.41) is 7.79. The second kappa shape index (κ2) is 12.2. The number of carbonyl (C=O) groups is 1. The van der Waals surface area contributed by atoms with E-state index in [0.717, 1.165) is 59.9 Å². The lowest BCUT2D eigenvalue weighted by Crippen LogP contribution is -2.26. The Bertz CT molecular complexity index is 1220. The third kappa shape index (κ3) is 6.69. The van der Waals surface area contributed by atoms with Crippen molar-refractivity contribution in [2.75, 3.05) is 13.1 Å². The van der Waals surface area contributed by atoms with Crippen LogP contribution in [0.2, 0.25) is 5.02 Å². The molecule has 0 aliphatic carbocycles. The standard InChI is InChI=1S/C27H31ClN4OS/c1-2-3-6-13-29-27(33)25-19-34-26(31-25)18-32(17-20-8-7-9-22(28)15-20)14-12-21-16-30-24-11-5-4-10-23(21)24/h4-5,7-11,15-16,19,30H,2-3,6,12-14,17-18H2,1H3,(H,29,33). The van der Waals surface area contributed by atoms with Gasteiger partial charge in [-0.3, -0.25) is 9.69 Å². The Morgan fingerprint density at radius 2 is 2.03 bits per heavy atom. The first-order valence-corrected chi connectivity index (χ1v) is 13.1. The predicted octanol–water partition coefficient (Wildman–Crippen LogP) is 6.44. The van der Waals surface area contributed by atoms with Gasteiger partial charge in [-0.15, -0.1) is 11.3 Å². The van der Waals surface area contributed by atoms with Crippen molar-refractivity contribution in [3.8, 4) is 0 Å². The van der Waals surface area contributed by atoms with Gasteiger partial charge in [0.25, 0.3) is 5.91 Å². The second-order valence-electron chi connectivity index (χ2n) is 8.54. The van der Waals surface area contributed by atoms with E-state index in [2.05, 4.69) is 57.6 Å². The Hall–Kier alpha value is -2.67. The summed E-state index contributed by atoms with van der Waals surface area (Å²) in [5.41, 5.74) is 4.14. The number of para-hydroxylation sites is 1. The molecule has 2 aromatic heterocycles.